The van der Waals surface area contributed by atoms with Gasteiger partial charge in [-0.25, -0.2) is 0 Å². The molecule has 0 atom stereocenters. The summed E-state index contributed by atoms with van der Waals surface area (Å²) in [7, 11) is 1.65. The number of esters is 1. The molecule has 0 radical (unpaired) electrons. The number of hydrogen-bond acceptors (Lipinski definition) is 3. The molecule has 0 heterocycles. The fourth-order valence-corrected chi connectivity index (χ4v) is 2.47. The first-order valence-electron chi connectivity index (χ1n) is 7.51. The average Bonchev–Trinajstić information content (AvgIpc) is 2.60. The Morgan fingerprint density at radius 1 is 0.870 bits per heavy atom. The maximum Gasteiger partial charge on any atom is 0.310 e. The van der Waals surface area contributed by atoms with Gasteiger partial charge in [-0.05, 0) is 34.0 Å². The van der Waals surface area contributed by atoms with Gasteiger partial charge in [-0.1, -0.05) is 54.6 Å². The van der Waals surface area contributed by atoms with Crippen LogP contribution in [-0.2, 0) is 22.6 Å². The van der Waals surface area contributed by atoms with E-state index in [9.17, 15) is 4.79 Å². The average molecular weight is 306 g/mol. The predicted octanol–water partition coefficient (Wildman–Crippen LogP) is 4.13. The molecule has 0 aromatic heterocycles. The van der Waals surface area contributed by atoms with Crippen molar-refractivity contribution in [2.75, 3.05) is 7.11 Å². The van der Waals surface area contributed by atoms with Crippen LogP contribution < -0.4 is 4.74 Å². The number of fused-ring (bicyclic) bond motifs is 1. The van der Waals surface area contributed by atoms with Crippen LogP contribution in [0.15, 0.2) is 66.7 Å². The van der Waals surface area contributed by atoms with E-state index in [0.717, 1.165) is 27.6 Å². The van der Waals surface area contributed by atoms with E-state index in [-0.39, 0.29) is 12.4 Å². The largest absolute Gasteiger partial charge is 0.497 e. The first kappa shape index (κ1) is 15.1. The van der Waals surface area contributed by atoms with E-state index in [0.29, 0.717) is 6.61 Å². The lowest BCUT2D eigenvalue weighted by molar-refractivity contribution is -0.144. The molecular formula is C20H18O3. The lowest BCUT2D eigenvalue weighted by atomic mass is 10.0. The fraction of sp³-hybridized carbons (Fsp3) is 0.150. The van der Waals surface area contributed by atoms with Crippen LogP contribution in [0.4, 0.5) is 0 Å². The highest BCUT2D eigenvalue weighted by molar-refractivity contribution is 5.85. The Labute approximate surface area is 135 Å². The van der Waals surface area contributed by atoms with E-state index in [4.69, 9.17) is 9.47 Å². The zero-order valence-corrected chi connectivity index (χ0v) is 13.0. The van der Waals surface area contributed by atoms with Crippen LogP contribution in [0, 0.1) is 0 Å². The molecule has 0 aliphatic heterocycles. The van der Waals surface area contributed by atoms with Gasteiger partial charge < -0.3 is 9.47 Å². The summed E-state index contributed by atoms with van der Waals surface area (Å²) >= 11 is 0. The molecule has 3 aromatic carbocycles. The van der Waals surface area contributed by atoms with Gasteiger partial charge in [0.25, 0.3) is 0 Å². The predicted molar refractivity (Wildman–Crippen MR) is 90.4 cm³/mol. The zero-order valence-electron chi connectivity index (χ0n) is 13.0. The van der Waals surface area contributed by atoms with Crippen molar-refractivity contribution in [2.45, 2.75) is 13.0 Å². The normalized spacial score (nSPS) is 10.5. The van der Waals surface area contributed by atoms with Crippen LogP contribution in [0.1, 0.15) is 11.1 Å². The highest BCUT2D eigenvalue weighted by atomic mass is 16.5. The van der Waals surface area contributed by atoms with E-state index >= 15 is 0 Å². The summed E-state index contributed by atoms with van der Waals surface area (Å²) in [5.41, 5.74) is 1.94. The molecule has 0 spiro atoms. The molecule has 0 amide bonds. The lowest BCUT2D eigenvalue weighted by Crippen LogP contribution is -2.07. The number of benzene rings is 3. The zero-order chi connectivity index (χ0) is 16.1. The van der Waals surface area contributed by atoms with E-state index in [1.54, 1.807) is 7.11 Å². The van der Waals surface area contributed by atoms with Gasteiger partial charge in [-0.2, -0.15) is 0 Å². The fourth-order valence-electron chi connectivity index (χ4n) is 2.47. The van der Waals surface area contributed by atoms with Crippen molar-refractivity contribution in [3.8, 4) is 5.75 Å². The Hall–Kier alpha value is -2.81. The molecule has 116 valence electrons. The molecule has 0 N–H and O–H groups in total. The maximum absolute atomic E-state index is 12.0. The van der Waals surface area contributed by atoms with Crippen LogP contribution in [0.2, 0.25) is 0 Å². The second kappa shape index (κ2) is 6.97. The highest BCUT2D eigenvalue weighted by Crippen LogP contribution is 2.22. The van der Waals surface area contributed by atoms with Gasteiger partial charge in [0.1, 0.15) is 12.4 Å². The minimum atomic E-state index is -0.221. The molecule has 23 heavy (non-hydrogen) atoms. The van der Waals surface area contributed by atoms with Gasteiger partial charge >= 0.3 is 5.97 Å². The summed E-state index contributed by atoms with van der Waals surface area (Å²) < 4.78 is 10.5. The van der Waals surface area contributed by atoms with Crippen molar-refractivity contribution < 1.29 is 14.3 Å². The molecule has 3 nitrogen and oxygen atoms in total. The van der Waals surface area contributed by atoms with Crippen molar-refractivity contribution in [3.63, 3.8) is 0 Å². The molecule has 0 bridgehead atoms. The van der Waals surface area contributed by atoms with Crippen molar-refractivity contribution >= 4 is 16.7 Å². The Kier molecular flexibility index (Phi) is 4.57. The van der Waals surface area contributed by atoms with Crippen LogP contribution in [-0.4, -0.2) is 13.1 Å². The quantitative estimate of drug-likeness (QED) is 0.665. The summed E-state index contributed by atoms with van der Waals surface area (Å²) in [5.74, 6) is 0.606. The summed E-state index contributed by atoms with van der Waals surface area (Å²) in [6, 6.07) is 21.5. The van der Waals surface area contributed by atoms with Gasteiger partial charge in [0, 0.05) is 0 Å². The molecule has 3 aromatic rings. The Morgan fingerprint density at radius 3 is 2.39 bits per heavy atom. The molecular weight excluding hydrogens is 288 g/mol. The van der Waals surface area contributed by atoms with Crippen molar-refractivity contribution in [1.82, 2.24) is 0 Å². The summed E-state index contributed by atoms with van der Waals surface area (Å²) in [4.78, 5) is 12.0. The first-order chi connectivity index (χ1) is 11.2. The molecule has 0 saturated heterocycles. The molecule has 3 heteroatoms. The number of carbonyl (C=O) groups excluding carboxylic acids is 1. The van der Waals surface area contributed by atoms with Gasteiger partial charge in [0.2, 0.25) is 0 Å². The molecule has 0 aliphatic rings. The summed E-state index contributed by atoms with van der Waals surface area (Å²) in [5, 5.41) is 2.17. The number of rotatable bonds is 5. The lowest BCUT2D eigenvalue weighted by Gasteiger charge is -2.07. The van der Waals surface area contributed by atoms with Crippen molar-refractivity contribution in [1.29, 1.82) is 0 Å². The number of ether oxygens (including phenoxy) is 2. The van der Waals surface area contributed by atoms with Crippen LogP contribution in [0.25, 0.3) is 10.8 Å². The van der Waals surface area contributed by atoms with Crippen LogP contribution in [0.5, 0.6) is 5.75 Å². The maximum atomic E-state index is 12.0. The highest BCUT2D eigenvalue weighted by Gasteiger charge is 2.06. The monoisotopic (exact) mass is 306 g/mol. The third-order valence-electron chi connectivity index (χ3n) is 3.70. The SMILES string of the molecule is COc1ccc2cc(CC(=O)OCc3ccccc3)ccc2c1. The topological polar surface area (TPSA) is 35.5 Å². The first-order valence-corrected chi connectivity index (χ1v) is 7.51. The summed E-state index contributed by atoms with van der Waals surface area (Å²) in [6.07, 6.45) is 0.273. The van der Waals surface area contributed by atoms with Gasteiger partial charge in [0.05, 0.1) is 13.5 Å². The molecule has 3 rings (SSSR count). The standard InChI is InChI=1S/C20H18O3/c1-22-19-10-9-17-11-16(7-8-18(17)13-19)12-20(21)23-14-15-5-3-2-4-6-15/h2-11,13H,12,14H2,1H3. The molecule has 0 fully saturated rings. The Morgan fingerprint density at radius 2 is 1.61 bits per heavy atom. The minimum Gasteiger partial charge on any atom is -0.497 e. The Balaban J connectivity index is 1.65. The minimum absolute atomic E-state index is 0.221. The van der Waals surface area contributed by atoms with Crippen molar-refractivity contribution in [3.05, 3.63) is 77.9 Å². The van der Waals surface area contributed by atoms with E-state index in [1.165, 1.54) is 0 Å². The van der Waals surface area contributed by atoms with Gasteiger partial charge in [-0.3, -0.25) is 4.79 Å². The third-order valence-corrected chi connectivity index (χ3v) is 3.70. The molecule has 0 saturated carbocycles. The molecule has 0 aliphatic carbocycles. The van der Waals surface area contributed by atoms with Gasteiger partial charge in [-0.15, -0.1) is 0 Å². The number of carbonyl (C=O) groups is 1. The van der Waals surface area contributed by atoms with Crippen LogP contribution >= 0.6 is 0 Å². The second-order valence-electron chi connectivity index (χ2n) is 5.37. The van der Waals surface area contributed by atoms with E-state index < -0.39 is 0 Å². The summed E-state index contributed by atoms with van der Waals surface area (Å²) in [6.45, 7) is 0.310. The number of methoxy groups -OCH3 is 1. The smallest absolute Gasteiger partial charge is 0.310 e. The van der Waals surface area contributed by atoms with Crippen LogP contribution in [0.3, 0.4) is 0 Å². The van der Waals surface area contributed by atoms with Crippen molar-refractivity contribution in [2.24, 2.45) is 0 Å². The van der Waals surface area contributed by atoms with E-state index in [2.05, 4.69) is 0 Å². The van der Waals surface area contributed by atoms with Gasteiger partial charge in [0.15, 0.2) is 0 Å². The second-order valence-corrected chi connectivity index (χ2v) is 5.37. The third kappa shape index (κ3) is 3.89. The van der Waals surface area contributed by atoms with E-state index in [1.807, 2.05) is 66.7 Å². The Bertz CT molecular complexity index is 809. The number of hydrogen-bond donors (Lipinski definition) is 0. The molecule has 0 unspecified atom stereocenters.